The van der Waals surface area contributed by atoms with Gasteiger partial charge in [-0.3, -0.25) is 9.78 Å². The minimum absolute atomic E-state index is 0.194. The number of aromatic amines is 1. The minimum Gasteiger partial charge on any atom is -0.341 e. The lowest BCUT2D eigenvalue weighted by Crippen LogP contribution is -2.07. The third-order valence-corrected chi connectivity index (χ3v) is 6.68. The third kappa shape index (κ3) is 5.89. The third-order valence-electron chi connectivity index (χ3n) is 6.68. The van der Waals surface area contributed by atoms with Crippen molar-refractivity contribution in [3.8, 4) is 0 Å². The van der Waals surface area contributed by atoms with Crippen LogP contribution in [0, 0.1) is 6.92 Å². The van der Waals surface area contributed by atoms with Crippen LogP contribution in [0.15, 0.2) is 73.1 Å². The van der Waals surface area contributed by atoms with Crippen molar-refractivity contribution in [2.45, 2.75) is 45.4 Å². The first-order chi connectivity index (χ1) is 18.6. The van der Waals surface area contributed by atoms with Crippen molar-refractivity contribution in [3.05, 3.63) is 95.7 Å². The van der Waals surface area contributed by atoms with E-state index in [-0.39, 0.29) is 5.91 Å². The van der Waals surface area contributed by atoms with Crippen LogP contribution in [0.1, 0.15) is 61.2 Å². The predicted molar refractivity (Wildman–Crippen MR) is 155 cm³/mol. The molecule has 0 fully saturated rings. The van der Waals surface area contributed by atoms with E-state index < -0.39 is 0 Å². The van der Waals surface area contributed by atoms with E-state index in [0.29, 0.717) is 11.6 Å². The maximum absolute atomic E-state index is 12.2. The lowest BCUT2D eigenvalue weighted by Gasteiger charge is -2.10. The van der Waals surface area contributed by atoms with Crippen molar-refractivity contribution in [2.75, 3.05) is 10.6 Å². The molecule has 0 unspecified atom stereocenters. The van der Waals surface area contributed by atoms with Gasteiger partial charge < -0.3 is 15.6 Å². The SMILES string of the molecule is C/C=C\c1c(C)nc(Nc2ccc(/C=C/C(=O)Nc3ccncc3)cc2)c2nc(C3CCC=CCC3)[nH]c12. The van der Waals surface area contributed by atoms with Gasteiger partial charge in [-0.05, 0) is 75.4 Å². The molecule has 1 aliphatic rings. The van der Waals surface area contributed by atoms with E-state index in [1.807, 2.05) is 44.2 Å². The summed E-state index contributed by atoms with van der Waals surface area (Å²) in [5.74, 6) is 1.99. The van der Waals surface area contributed by atoms with Crippen molar-refractivity contribution in [1.29, 1.82) is 0 Å². The molecule has 1 amide bonds. The second-order valence-electron chi connectivity index (χ2n) is 9.43. The van der Waals surface area contributed by atoms with Gasteiger partial charge in [0.15, 0.2) is 5.82 Å². The van der Waals surface area contributed by atoms with Crippen LogP contribution in [0.4, 0.5) is 17.2 Å². The summed E-state index contributed by atoms with van der Waals surface area (Å²) in [5, 5.41) is 6.29. The number of carbonyl (C=O) groups is 1. The van der Waals surface area contributed by atoms with Gasteiger partial charge in [0.1, 0.15) is 11.3 Å². The Morgan fingerprint density at radius 3 is 2.42 bits per heavy atom. The van der Waals surface area contributed by atoms with E-state index in [1.165, 1.54) is 6.08 Å². The summed E-state index contributed by atoms with van der Waals surface area (Å²) < 4.78 is 0. The van der Waals surface area contributed by atoms with Crippen LogP contribution in [-0.4, -0.2) is 25.8 Å². The standard InChI is InChI=1S/C31H32N6O/c1-3-8-26-21(2)33-31(29-28(26)36-30(37-29)23-9-6-4-5-7-10-23)35-24-14-11-22(12-15-24)13-16-27(38)34-25-17-19-32-20-18-25/h3-5,8,11-20,23H,6-7,9-10H2,1-2H3,(H,33,35)(H,36,37)(H,32,34,38)/b8-3-,16-13+. The molecule has 0 saturated heterocycles. The zero-order valence-electron chi connectivity index (χ0n) is 21.7. The number of nitrogens with zero attached hydrogens (tertiary/aromatic N) is 3. The van der Waals surface area contributed by atoms with Crippen molar-refractivity contribution >= 4 is 46.3 Å². The number of carbonyl (C=O) groups excluding carboxylic acids is 1. The van der Waals surface area contributed by atoms with Gasteiger partial charge >= 0.3 is 0 Å². The van der Waals surface area contributed by atoms with Crippen LogP contribution < -0.4 is 10.6 Å². The molecule has 0 atom stereocenters. The van der Waals surface area contributed by atoms with Crippen molar-refractivity contribution in [1.82, 2.24) is 19.9 Å². The minimum atomic E-state index is -0.194. The first-order valence-corrected chi connectivity index (χ1v) is 13.0. The molecule has 4 aromatic rings. The van der Waals surface area contributed by atoms with Gasteiger partial charge in [-0.15, -0.1) is 0 Å². The van der Waals surface area contributed by atoms with E-state index in [1.54, 1.807) is 30.6 Å². The number of anilines is 3. The molecule has 0 radical (unpaired) electrons. The Morgan fingerprint density at radius 2 is 1.71 bits per heavy atom. The number of aromatic nitrogens is 4. The van der Waals surface area contributed by atoms with Crippen LogP contribution in [-0.2, 0) is 4.79 Å². The Kier molecular flexibility index (Phi) is 7.73. The lowest BCUT2D eigenvalue weighted by atomic mass is 9.99. The van der Waals surface area contributed by atoms with Gasteiger partial charge in [0.25, 0.3) is 0 Å². The normalized spacial score (nSPS) is 14.4. The summed E-state index contributed by atoms with van der Waals surface area (Å²) in [4.78, 5) is 29.7. The summed E-state index contributed by atoms with van der Waals surface area (Å²) in [7, 11) is 0. The Hall–Kier alpha value is -4.52. The molecule has 0 saturated carbocycles. The van der Waals surface area contributed by atoms with Crippen LogP contribution >= 0.6 is 0 Å². The number of fused-ring (bicyclic) bond motifs is 1. The highest BCUT2D eigenvalue weighted by atomic mass is 16.1. The van der Waals surface area contributed by atoms with Gasteiger partial charge in [0.05, 0.1) is 5.52 Å². The zero-order chi connectivity index (χ0) is 26.3. The first kappa shape index (κ1) is 25.1. The Balaban J connectivity index is 1.36. The predicted octanol–water partition coefficient (Wildman–Crippen LogP) is 7.30. The van der Waals surface area contributed by atoms with Crippen LogP contribution in [0.5, 0.6) is 0 Å². The summed E-state index contributed by atoms with van der Waals surface area (Å²) in [6.45, 7) is 4.05. The van der Waals surface area contributed by atoms with Gasteiger partial charge in [-0.25, -0.2) is 9.97 Å². The molecule has 38 heavy (non-hydrogen) atoms. The maximum atomic E-state index is 12.2. The van der Waals surface area contributed by atoms with E-state index >= 15 is 0 Å². The fraction of sp³-hybridized carbons (Fsp3) is 0.226. The molecule has 0 spiro atoms. The monoisotopic (exact) mass is 504 g/mol. The van der Waals surface area contributed by atoms with Crippen molar-refractivity contribution in [3.63, 3.8) is 0 Å². The molecule has 7 nitrogen and oxygen atoms in total. The number of H-pyrrole nitrogens is 1. The van der Waals surface area contributed by atoms with E-state index in [2.05, 4.69) is 38.8 Å². The fourth-order valence-electron chi connectivity index (χ4n) is 4.72. The molecule has 0 aliphatic heterocycles. The zero-order valence-corrected chi connectivity index (χ0v) is 21.7. The highest BCUT2D eigenvalue weighted by molar-refractivity contribution is 6.02. The molecule has 192 valence electrons. The smallest absolute Gasteiger partial charge is 0.248 e. The van der Waals surface area contributed by atoms with Crippen LogP contribution in [0.3, 0.4) is 0 Å². The lowest BCUT2D eigenvalue weighted by molar-refractivity contribution is -0.111. The molecular formula is C31H32N6O. The Labute approximate surface area is 222 Å². The number of benzene rings is 1. The average Bonchev–Trinajstić information content (AvgIpc) is 3.19. The molecule has 7 heteroatoms. The van der Waals surface area contributed by atoms with Gasteiger partial charge in [0.2, 0.25) is 5.91 Å². The van der Waals surface area contributed by atoms with Crippen LogP contribution in [0.2, 0.25) is 0 Å². The molecule has 5 rings (SSSR count). The number of allylic oxidation sites excluding steroid dienone is 3. The number of pyridine rings is 2. The number of imidazole rings is 1. The van der Waals surface area contributed by atoms with Gasteiger partial charge in [-0.2, -0.15) is 0 Å². The molecule has 1 aliphatic carbocycles. The highest BCUT2D eigenvalue weighted by Crippen LogP contribution is 2.33. The quantitative estimate of drug-likeness (QED) is 0.181. The van der Waals surface area contributed by atoms with Crippen molar-refractivity contribution < 1.29 is 4.79 Å². The molecule has 3 N–H and O–H groups in total. The maximum Gasteiger partial charge on any atom is 0.248 e. The number of amides is 1. The second-order valence-corrected chi connectivity index (χ2v) is 9.43. The first-order valence-electron chi connectivity index (χ1n) is 13.0. The van der Waals surface area contributed by atoms with Gasteiger partial charge in [-0.1, -0.05) is 36.4 Å². The number of rotatable bonds is 7. The molecule has 3 heterocycles. The second kappa shape index (κ2) is 11.7. The largest absolute Gasteiger partial charge is 0.341 e. The van der Waals surface area contributed by atoms with E-state index in [4.69, 9.17) is 9.97 Å². The van der Waals surface area contributed by atoms with E-state index in [0.717, 1.165) is 70.9 Å². The van der Waals surface area contributed by atoms with Gasteiger partial charge in [0, 0.05) is 47.0 Å². The molecular weight excluding hydrogens is 472 g/mol. The number of hydrogen-bond acceptors (Lipinski definition) is 5. The number of hydrogen-bond donors (Lipinski definition) is 3. The number of nitrogens with one attached hydrogen (secondary N) is 3. The summed E-state index contributed by atoms with van der Waals surface area (Å²) in [6.07, 6.45) is 19.6. The fourth-order valence-corrected chi connectivity index (χ4v) is 4.72. The topological polar surface area (TPSA) is 95.6 Å². The van der Waals surface area contributed by atoms with Crippen LogP contribution in [0.25, 0.3) is 23.2 Å². The molecule has 3 aromatic heterocycles. The van der Waals surface area contributed by atoms with Crippen molar-refractivity contribution in [2.24, 2.45) is 0 Å². The van der Waals surface area contributed by atoms with E-state index in [9.17, 15) is 4.79 Å². The summed E-state index contributed by atoms with van der Waals surface area (Å²) in [6, 6.07) is 11.4. The summed E-state index contributed by atoms with van der Waals surface area (Å²) in [5.41, 5.74) is 6.42. The number of aryl methyl sites for hydroxylation is 1. The average molecular weight is 505 g/mol. The Bertz CT molecular complexity index is 1490. The summed E-state index contributed by atoms with van der Waals surface area (Å²) >= 11 is 0. The molecule has 1 aromatic carbocycles. The molecule has 0 bridgehead atoms. The highest BCUT2D eigenvalue weighted by Gasteiger charge is 2.20. The Morgan fingerprint density at radius 1 is 0.974 bits per heavy atom.